The number of thioether (sulfide) groups is 1. The Labute approximate surface area is 122 Å². The molecule has 2 aromatic carbocycles. The molecule has 4 rings (SSSR count). The monoisotopic (exact) mass is 280 g/mol. The van der Waals surface area contributed by atoms with Gasteiger partial charge >= 0.3 is 0 Å². The molecule has 0 fully saturated rings. The number of rotatable bonds is 2. The van der Waals surface area contributed by atoms with Crippen molar-refractivity contribution in [2.45, 2.75) is 11.8 Å². The highest BCUT2D eigenvalue weighted by atomic mass is 32.2. The molecule has 2 nitrogen and oxygen atoms in total. The maximum atomic E-state index is 3.68. The van der Waals surface area contributed by atoms with Crippen LogP contribution in [0.25, 0.3) is 10.9 Å². The van der Waals surface area contributed by atoms with Crippen molar-refractivity contribution < 1.29 is 0 Å². The molecule has 2 heterocycles. The van der Waals surface area contributed by atoms with E-state index in [-0.39, 0.29) is 0 Å². The molecule has 100 valence electrons. The Kier molecular flexibility index (Phi) is 2.92. The number of H-pyrrole nitrogens is 1. The van der Waals surface area contributed by atoms with E-state index in [1.165, 1.54) is 27.7 Å². The average molecular weight is 280 g/mol. The van der Waals surface area contributed by atoms with E-state index in [0.717, 1.165) is 11.5 Å². The highest BCUT2D eigenvalue weighted by Crippen LogP contribution is 2.34. The first-order valence-electron chi connectivity index (χ1n) is 6.89. The minimum absolute atomic E-state index is 0.404. The lowest BCUT2D eigenvalue weighted by atomic mass is 10.0. The van der Waals surface area contributed by atoms with Crippen LogP contribution < -0.4 is 5.32 Å². The molecular weight excluding hydrogens is 264 g/mol. The molecule has 3 aromatic rings. The molecule has 0 bridgehead atoms. The van der Waals surface area contributed by atoms with Gasteiger partial charge in [0.1, 0.15) is 0 Å². The molecule has 0 spiro atoms. The first kappa shape index (κ1) is 11.9. The highest BCUT2D eigenvalue weighted by molar-refractivity contribution is 7.98. The third-order valence-electron chi connectivity index (χ3n) is 3.87. The van der Waals surface area contributed by atoms with Gasteiger partial charge in [0.2, 0.25) is 0 Å². The second kappa shape index (κ2) is 4.91. The zero-order valence-electron chi connectivity index (χ0n) is 11.1. The smallest absolute Gasteiger partial charge is 0.0607 e. The molecular formula is C17H16N2S. The summed E-state index contributed by atoms with van der Waals surface area (Å²) in [5.74, 6) is 2.26. The molecule has 0 saturated carbocycles. The van der Waals surface area contributed by atoms with E-state index >= 15 is 0 Å². The van der Waals surface area contributed by atoms with Gasteiger partial charge in [0, 0.05) is 34.3 Å². The van der Waals surface area contributed by atoms with Gasteiger partial charge in [-0.1, -0.05) is 24.3 Å². The topological polar surface area (TPSA) is 27.8 Å². The van der Waals surface area contributed by atoms with E-state index in [4.69, 9.17) is 0 Å². The lowest BCUT2D eigenvalue weighted by Gasteiger charge is -2.27. The summed E-state index contributed by atoms with van der Waals surface area (Å²) in [6, 6.07) is 17.8. The summed E-state index contributed by atoms with van der Waals surface area (Å²) >= 11 is 2.00. The molecule has 0 radical (unpaired) electrons. The predicted molar refractivity (Wildman–Crippen MR) is 87.3 cm³/mol. The van der Waals surface area contributed by atoms with Crippen LogP contribution in [0.2, 0.25) is 0 Å². The summed E-state index contributed by atoms with van der Waals surface area (Å²) in [6.45, 7) is 0. The van der Waals surface area contributed by atoms with Gasteiger partial charge in [-0.15, -0.1) is 0 Å². The second-order valence-electron chi connectivity index (χ2n) is 5.19. The minimum Gasteiger partial charge on any atom is -0.377 e. The van der Waals surface area contributed by atoms with Crippen molar-refractivity contribution in [3.8, 4) is 0 Å². The van der Waals surface area contributed by atoms with Crippen LogP contribution >= 0.6 is 11.8 Å². The number of fused-ring (bicyclic) bond motifs is 2. The van der Waals surface area contributed by atoms with Gasteiger partial charge < -0.3 is 10.3 Å². The Morgan fingerprint density at radius 2 is 2.05 bits per heavy atom. The van der Waals surface area contributed by atoms with Gasteiger partial charge in [-0.3, -0.25) is 0 Å². The van der Waals surface area contributed by atoms with Gasteiger partial charge in [-0.25, -0.2) is 0 Å². The summed E-state index contributed by atoms with van der Waals surface area (Å²) in [4.78, 5) is 3.23. The number of nitrogens with one attached hydrogen (secondary N) is 2. The van der Waals surface area contributed by atoms with E-state index in [2.05, 4.69) is 58.8 Å². The lowest BCUT2D eigenvalue weighted by Crippen LogP contribution is -2.18. The van der Waals surface area contributed by atoms with Crippen molar-refractivity contribution in [3.05, 3.63) is 65.9 Å². The number of benzene rings is 2. The Hall–Kier alpha value is -1.87. The molecule has 1 aliphatic heterocycles. The number of aromatic amines is 1. The SMILES string of the molecule is c1ccc2c(c1)CSCC2Nc1ccc2[nH]ccc2c1. The van der Waals surface area contributed by atoms with Gasteiger partial charge in [-0.2, -0.15) is 11.8 Å². The fraction of sp³-hybridized carbons (Fsp3) is 0.176. The number of anilines is 1. The van der Waals surface area contributed by atoms with Gasteiger partial charge in [0.25, 0.3) is 0 Å². The first-order chi connectivity index (χ1) is 9.90. The van der Waals surface area contributed by atoms with Crippen molar-refractivity contribution in [2.75, 3.05) is 11.1 Å². The van der Waals surface area contributed by atoms with Crippen molar-refractivity contribution in [1.29, 1.82) is 0 Å². The predicted octanol–water partition coefficient (Wildman–Crippen LogP) is 4.57. The molecule has 20 heavy (non-hydrogen) atoms. The van der Waals surface area contributed by atoms with E-state index in [0.29, 0.717) is 6.04 Å². The van der Waals surface area contributed by atoms with Gasteiger partial charge in [-0.05, 0) is 35.4 Å². The average Bonchev–Trinajstić information content (AvgIpc) is 2.95. The Morgan fingerprint density at radius 3 is 3.05 bits per heavy atom. The minimum atomic E-state index is 0.404. The van der Waals surface area contributed by atoms with Crippen molar-refractivity contribution in [1.82, 2.24) is 4.98 Å². The van der Waals surface area contributed by atoms with Crippen molar-refractivity contribution >= 4 is 28.4 Å². The summed E-state index contributed by atoms with van der Waals surface area (Å²) < 4.78 is 0. The summed E-state index contributed by atoms with van der Waals surface area (Å²) in [6.07, 6.45) is 1.99. The maximum Gasteiger partial charge on any atom is 0.0607 e. The standard InChI is InChI=1S/C17H16N2S/c1-2-4-15-13(3-1)10-20-11-17(15)19-14-5-6-16-12(9-14)7-8-18-16/h1-9,17-19H,10-11H2. The molecule has 1 aromatic heterocycles. The second-order valence-corrected chi connectivity index (χ2v) is 6.22. The summed E-state index contributed by atoms with van der Waals surface area (Å²) in [5.41, 5.74) is 5.29. The third-order valence-corrected chi connectivity index (χ3v) is 4.95. The van der Waals surface area contributed by atoms with Gasteiger partial charge in [0.15, 0.2) is 0 Å². The van der Waals surface area contributed by atoms with Crippen LogP contribution in [0, 0.1) is 0 Å². The van der Waals surface area contributed by atoms with E-state index in [9.17, 15) is 0 Å². The molecule has 0 aliphatic carbocycles. The summed E-state index contributed by atoms with van der Waals surface area (Å²) in [5, 5.41) is 4.94. The van der Waals surface area contributed by atoms with E-state index in [1.807, 2.05) is 18.0 Å². The van der Waals surface area contributed by atoms with Crippen molar-refractivity contribution in [2.24, 2.45) is 0 Å². The van der Waals surface area contributed by atoms with Crippen LogP contribution in [0.4, 0.5) is 5.69 Å². The molecule has 1 aliphatic rings. The fourth-order valence-electron chi connectivity index (χ4n) is 2.85. The van der Waals surface area contributed by atoms with Crippen LogP contribution in [0.1, 0.15) is 17.2 Å². The number of aromatic nitrogens is 1. The Morgan fingerprint density at radius 1 is 1.10 bits per heavy atom. The van der Waals surface area contributed by atoms with Crippen LogP contribution in [-0.2, 0) is 5.75 Å². The van der Waals surface area contributed by atoms with Crippen LogP contribution in [0.3, 0.4) is 0 Å². The largest absolute Gasteiger partial charge is 0.377 e. The maximum absolute atomic E-state index is 3.68. The van der Waals surface area contributed by atoms with E-state index < -0.39 is 0 Å². The lowest BCUT2D eigenvalue weighted by molar-refractivity contribution is 0.871. The Bertz CT molecular complexity index is 747. The third kappa shape index (κ3) is 2.08. The number of hydrogen-bond acceptors (Lipinski definition) is 2. The highest BCUT2D eigenvalue weighted by Gasteiger charge is 2.19. The zero-order valence-corrected chi connectivity index (χ0v) is 11.9. The quantitative estimate of drug-likeness (QED) is 0.719. The van der Waals surface area contributed by atoms with Crippen LogP contribution in [-0.4, -0.2) is 10.7 Å². The molecule has 2 N–H and O–H groups in total. The normalized spacial score (nSPS) is 17.9. The first-order valence-corrected chi connectivity index (χ1v) is 8.05. The van der Waals surface area contributed by atoms with Crippen molar-refractivity contribution in [3.63, 3.8) is 0 Å². The molecule has 0 amide bonds. The van der Waals surface area contributed by atoms with Gasteiger partial charge in [0.05, 0.1) is 6.04 Å². The summed E-state index contributed by atoms with van der Waals surface area (Å²) in [7, 11) is 0. The zero-order chi connectivity index (χ0) is 13.4. The fourth-order valence-corrected chi connectivity index (χ4v) is 3.95. The molecule has 1 unspecified atom stereocenters. The Balaban J connectivity index is 1.66. The van der Waals surface area contributed by atoms with Crippen LogP contribution in [0.5, 0.6) is 0 Å². The van der Waals surface area contributed by atoms with E-state index in [1.54, 1.807) is 0 Å². The number of hydrogen-bond donors (Lipinski definition) is 2. The molecule has 0 saturated heterocycles. The van der Waals surface area contributed by atoms with Crippen LogP contribution in [0.15, 0.2) is 54.7 Å². The molecule has 3 heteroatoms. The molecule has 1 atom stereocenters.